The number of aromatic nitrogens is 4. The molecule has 0 aliphatic carbocycles. The molecule has 0 bridgehead atoms. The maximum atomic E-state index is 14.7. The van der Waals surface area contributed by atoms with Gasteiger partial charge in [0.15, 0.2) is 5.65 Å². The number of methoxy groups -OCH3 is 1. The Bertz CT molecular complexity index is 997. The molecule has 0 atom stereocenters. The Hall–Kier alpha value is -3.23. The Kier molecular flexibility index (Phi) is 4.81. The molecule has 0 unspecified atom stereocenters. The highest BCUT2D eigenvalue weighted by Gasteiger charge is 2.26. The molecule has 1 aliphatic rings. The summed E-state index contributed by atoms with van der Waals surface area (Å²) in [5.41, 5.74) is 1.21. The van der Waals surface area contributed by atoms with E-state index in [4.69, 9.17) is 9.84 Å². The van der Waals surface area contributed by atoms with Crippen LogP contribution < -0.4 is 4.74 Å². The molecule has 3 aromatic rings. The number of hydrogen-bond donors (Lipinski definition) is 1. The van der Waals surface area contributed by atoms with Gasteiger partial charge in [0.05, 0.1) is 19.0 Å². The number of benzene rings is 1. The summed E-state index contributed by atoms with van der Waals surface area (Å²) >= 11 is 0. The second-order valence-electron chi connectivity index (χ2n) is 6.81. The minimum atomic E-state index is -0.908. The molecular formula is C19H20FN5O3. The van der Waals surface area contributed by atoms with Gasteiger partial charge >= 0.3 is 6.09 Å². The smallest absolute Gasteiger partial charge is 0.407 e. The molecule has 4 rings (SSSR count). The minimum absolute atomic E-state index is 0.0507. The molecule has 1 fully saturated rings. The van der Waals surface area contributed by atoms with Crippen LogP contribution in [0.25, 0.3) is 11.0 Å². The first-order chi connectivity index (χ1) is 13.5. The Morgan fingerprint density at radius 1 is 1.29 bits per heavy atom. The van der Waals surface area contributed by atoms with Gasteiger partial charge in [-0.25, -0.2) is 19.4 Å². The van der Waals surface area contributed by atoms with Gasteiger partial charge < -0.3 is 14.7 Å². The van der Waals surface area contributed by atoms with Crippen LogP contribution in [0.2, 0.25) is 0 Å². The third-order valence-corrected chi connectivity index (χ3v) is 5.07. The van der Waals surface area contributed by atoms with Gasteiger partial charge in [-0.3, -0.25) is 0 Å². The second-order valence-corrected chi connectivity index (χ2v) is 6.81. The van der Waals surface area contributed by atoms with Gasteiger partial charge in [-0.2, -0.15) is 4.39 Å². The average Bonchev–Trinajstić information content (AvgIpc) is 3.03. The number of hydrogen-bond acceptors (Lipinski definition) is 5. The first-order valence-electron chi connectivity index (χ1n) is 9.05. The van der Waals surface area contributed by atoms with Crippen LogP contribution in [0.3, 0.4) is 0 Å². The van der Waals surface area contributed by atoms with Crippen LogP contribution in [0.5, 0.6) is 5.75 Å². The van der Waals surface area contributed by atoms with E-state index in [9.17, 15) is 9.18 Å². The SMILES string of the molecule is COc1ccc(Cn2nc3nc(C4CCN(C(=O)O)CC4)ncc3c2F)cc1. The van der Waals surface area contributed by atoms with Gasteiger partial charge in [0.25, 0.3) is 0 Å². The summed E-state index contributed by atoms with van der Waals surface area (Å²) in [6.45, 7) is 1.17. The molecular weight excluding hydrogens is 365 g/mol. The van der Waals surface area contributed by atoms with Crippen molar-refractivity contribution in [1.82, 2.24) is 24.6 Å². The van der Waals surface area contributed by atoms with Crippen molar-refractivity contribution in [2.24, 2.45) is 0 Å². The van der Waals surface area contributed by atoms with E-state index in [1.165, 1.54) is 15.8 Å². The zero-order valence-corrected chi connectivity index (χ0v) is 15.4. The molecule has 28 heavy (non-hydrogen) atoms. The average molecular weight is 385 g/mol. The third kappa shape index (κ3) is 3.47. The molecule has 0 saturated carbocycles. The van der Waals surface area contributed by atoms with E-state index >= 15 is 0 Å². The normalized spacial score (nSPS) is 15.1. The summed E-state index contributed by atoms with van der Waals surface area (Å²) < 4.78 is 21.1. The topological polar surface area (TPSA) is 93.4 Å². The fourth-order valence-corrected chi connectivity index (χ4v) is 3.44. The van der Waals surface area contributed by atoms with Crippen molar-refractivity contribution in [2.45, 2.75) is 25.3 Å². The van der Waals surface area contributed by atoms with Crippen LogP contribution >= 0.6 is 0 Å². The second kappa shape index (κ2) is 7.41. The Morgan fingerprint density at radius 2 is 2.00 bits per heavy atom. The van der Waals surface area contributed by atoms with E-state index in [1.807, 2.05) is 24.3 Å². The van der Waals surface area contributed by atoms with Crippen molar-refractivity contribution in [3.63, 3.8) is 0 Å². The molecule has 9 heteroatoms. The molecule has 1 aliphatic heterocycles. The van der Waals surface area contributed by atoms with Crippen molar-refractivity contribution in [3.05, 3.63) is 47.8 Å². The number of carboxylic acid groups (broad SMARTS) is 1. The van der Waals surface area contributed by atoms with Gasteiger partial charge in [0.1, 0.15) is 11.6 Å². The fourth-order valence-electron chi connectivity index (χ4n) is 3.44. The zero-order valence-electron chi connectivity index (χ0n) is 15.4. The van der Waals surface area contributed by atoms with Crippen molar-refractivity contribution in [1.29, 1.82) is 0 Å². The number of nitrogens with zero attached hydrogens (tertiary/aromatic N) is 5. The molecule has 1 N–H and O–H groups in total. The first-order valence-corrected chi connectivity index (χ1v) is 9.05. The fraction of sp³-hybridized carbons (Fsp3) is 0.368. The predicted molar refractivity (Wildman–Crippen MR) is 98.9 cm³/mol. The van der Waals surface area contributed by atoms with Crippen molar-refractivity contribution < 1.29 is 19.0 Å². The van der Waals surface area contributed by atoms with Crippen molar-refractivity contribution in [3.8, 4) is 5.75 Å². The summed E-state index contributed by atoms with van der Waals surface area (Å²) in [5, 5.41) is 13.6. The number of ether oxygens (including phenoxy) is 1. The highest BCUT2D eigenvalue weighted by atomic mass is 19.1. The summed E-state index contributed by atoms with van der Waals surface area (Å²) in [6, 6.07) is 7.35. The monoisotopic (exact) mass is 385 g/mol. The van der Waals surface area contributed by atoms with Crippen LogP contribution in [-0.4, -0.2) is 56.0 Å². The van der Waals surface area contributed by atoms with E-state index in [0.29, 0.717) is 37.4 Å². The van der Waals surface area contributed by atoms with Crippen LogP contribution in [0, 0.1) is 5.95 Å². The lowest BCUT2D eigenvalue weighted by Crippen LogP contribution is -2.37. The van der Waals surface area contributed by atoms with Gasteiger partial charge in [-0.1, -0.05) is 12.1 Å². The summed E-state index contributed by atoms with van der Waals surface area (Å²) in [5.74, 6) is 0.902. The maximum Gasteiger partial charge on any atom is 0.407 e. The highest BCUT2D eigenvalue weighted by Crippen LogP contribution is 2.27. The van der Waals surface area contributed by atoms with Gasteiger partial charge in [0.2, 0.25) is 5.95 Å². The Morgan fingerprint density at radius 3 is 2.64 bits per heavy atom. The molecule has 1 aromatic carbocycles. The van der Waals surface area contributed by atoms with E-state index in [1.54, 1.807) is 7.11 Å². The number of halogens is 1. The number of carbonyl (C=O) groups is 1. The number of likely N-dealkylation sites (tertiary alicyclic amines) is 1. The van der Waals surface area contributed by atoms with E-state index in [2.05, 4.69) is 15.1 Å². The van der Waals surface area contributed by atoms with Gasteiger partial charge in [-0.05, 0) is 30.5 Å². The van der Waals surface area contributed by atoms with Crippen LogP contribution in [0.4, 0.5) is 9.18 Å². The summed E-state index contributed by atoms with van der Waals surface area (Å²) in [4.78, 5) is 21.2. The molecule has 1 saturated heterocycles. The van der Waals surface area contributed by atoms with Crippen molar-refractivity contribution in [2.75, 3.05) is 20.2 Å². The summed E-state index contributed by atoms with van der Waals surface area (Å²) in [6.07, 6.45) is 1.85. The molecule has 0 radical (unpaired) electrons. The zero-order chi connectivity index (χ0) is 19.7. The molecule has 0 spiro atoms. The Balaban J connectivity index is 1.54. The molecule has 146 valence electrons. The van der Waals surface area contributed by atoms with Crippen LogP contribution in [0.15, 0.2) is 30.5 Å². The third-order valence-electron chi connectivity index (χ3n) is 5.07. The number of fused-ring (bicyclic) bond motifs is 1. The Labute approximate surface area is 160 Å². The van der Waals surface area contributed by atoms with Gasteiger partial charge in [-0.15, -0.1) is 5.10 Å². The van der Waals surface area contributed by atoms with Gasteiger partial charge in [0, 0.05) is 25.2 Å². The lowest BCUT2D eigenvalue weighted by atomic mass is 9.96. The van der Waals surface area contributed by atoms with E-state index in [0.717, 1.165) is 11.3 Å². The first kappa shape index (κ1) is 18.1. The quantitative estimate of drug-likeness (QED) is 0.742. The maximum absolute atomic E-state index is 14.7. The van der Waals surface area contributed by atoms with E-state index < -0.39 is 12.0 Å². The predicted octanol–water partition coefficient (Wildman–Crippen LogP) is 2.88. The van der Waals surface area contributed by atoms with Crippen LogP contribution in [-0.2, 0) is 6.54 Å². The molecule has 8 nitrogen and oxygen atoms in total. The van der Waals surface area contributed by atoms with Crippen LogP contribution in [0.1, 0.15) is 30.1 Å². The lowest BCUT2D eigenvalue weighted by molar-refractivity contribution is 0.131. The summed E-state index contributed by atoms with van der Waals surface area (Å²) in [7, 11) is 1.59. The minimum Gasteiger partial charge on any atom is -0.497 e. The largest absolute Gasteiger partial charge is 0.497 e. The highest BCUT2D eigenvalue weighted by molar-refractivity contribution is 5.73. The van der Waals surface area contributed by atoms with E-state index in [-0.39, 0.29) is 17.8 Å². The van der Waals surface area contributed by atoms with Crippen molar-refractivity contribution >= 4 is 17.1 Å². The standard InChI is InChI=1S/C19H20FN5O3/c1-28-14-4-2-12(3-5-14)11-25-16(20)15-10-21-17(22-18(15)23-25)13-6-8-24(9-7-13)19(26)27/h2-5,10,13H,6-9,11H2,1H3,(H,26,27). The molecule has 3 heterocycles. The lowest BCUT2D eigenvalue weighted by Gasteiger charge is -2.28. The number of rotatable bonds is 4. The molecule has 1 amide bonds. The number of amides is 1. The molecule has 2 aromatic heterocycles. The number of piperidine rings is 1.